The first-order chi connectivity index (χ1) is 13.2. The molecule has 0 radical (unpaired) electrons. The third kappa shape index (κ3) is 2.98. The first kappa shape index (κ1) is 19.5. The van der Waals surface area contributed by atoms with Gasteiger partial charge in [-0.2, -0.15) is 13.6 Å². The van der Waals surface area contributed by atoms with E-state index in [-0.39, 0.29) is 5.41 Å². The normalized spacial score (nSPS) is 31.3. The van der Waals surface area contributed by atoms with Crippen LogP contribution in [0.4, 0.5) is 0 Å². The minimum atomic E-state index is -4.09. The second kappa shape index (κ2) is 6.64. The molecule has 0 spiro atoms. The molecule has 0 heterocycles. The lowest BCUT2D eigenvalue weighted by molar-refractivity contribution is 0.0815. The minimum absolute atomic E-state index is 0.288. The van der Waals surface area contributed by atoms with E-state index in [4.69, 9.17) is 9.32 Å². The maximum Gasteiger partial charge on any atom is 0.380 e. The van der Waals surface area contributed by atoms with Crippen LogP contribution in [0.25, 0.3) is 0 Å². The van der Waals surface area contributed by atoms with E-state index >= 15 is 0 Å². The van der Waals surface area contributed by atoms with Crippen molar-refractivity contribution in [1.82, 2.24) is 0 Å². The van der Waals surface area contributed by atoms with Crippen molar-refractivity contribution < 1.29 is 12.6 Å². The highest BCUT2D eigenvalue weighted by Crippen LogP contribution is 2.62. The predicted molar refractivity (Wildman–Crippen MR) is 111 cm³/mol. The summed E-state index contributed by atoms with van der Waals surface area (Å²) in [4.78, 5) is 0. The zero-order valence-corrected chi connectivity index (χ0v) is 17.8. The average Bonchev–Trinajstić information content (AvgIpc) is 2.92. The summed E-state index contributed by atoms with van der Waals surface area (Å²) in [7, 11) is -4.09. The summed E-state index contributed by atoms with van der Waals surface area (Å²) in [6, 6.07) is 2.07. The number of hydrogen-bond acceptors (Lipinski definition) is 3. The molecule has 2 fully saturated rings. The van der Waals surface area contributed by atoms with Gasteiger partial charge in [-0.1, -0.05) is 25.0 Å². The van der Waals surface area contributed by atoms with Crippen LogP contribution in [0.2, 0.25) is 0 Å². The van der Waals surface area contributed by atoms with Crippen LogP contribution in [0.1, 0.15) is 74.1 Å². The Morgan fingerprint density at radius 2 is 2.04 bits per heavy atom. The summed E-state index contributed by atoms with van der Waals surface area (Å²) in [5, 5.41) is 5.16. The van der Waals surface area contributed by atoms with E-state index < -0.39 is 10.3 Å². The summed E-state index contributed by atoms with van der Waals surface area (Å²) in [5.74, 6) is 8.09. The number of nitrogens with two attached hydrogens (primary N) is 1. The molecule has 3 unspecified atom stereocenters. The smallest absolute Gasteiger partial charge is 0.369 e. The quantitative estimate of drug-likeness (QED) is 0.593. The van der Waals surface area contributed by atoms with Gasteiger partial charge >= 0.3 is 10.3 Å². The first-order valence-corrected chi connectivity index (χ1v) is 11.6. The maximum absolute atomic E-state index is 11.6. The molecule has 150 valence electrons. The van der Waals surface area contributed by atoms with Crippen LogP contribution in [0.3, 0.4) is 0 Å². The summed E-state index contributed by atoms with van der Waals surface area (Å²) in [6.07, 6.45) is 6.82. The second-order valence-electron chi connectivity index (χ2n) is 8.91. The van der Waals surface area contributed by atoms with E-state index in [0.717, 1.165) is 31.2 Å². The maximum atomic E-state index is 11.6. The van der Waals surface area contributed by atoms with E-state index in [2.05, 4.69) is 31.4 Å². The van der Waals surface area contributed by atoms with E-state index in [0.29, 0.717) is 29.1 Å². The van der Waals surface area contributed by atoms with Crippen molar-refractivity contribution in [2.24, 2.45) is 22.4 Å². The van der Waals surface area contributed by atoms with Gasteiger partial charge in [0.2, 0.25) is 0 Å². The average molecular weight is 400 g/mol. The molecule has 4 rings (SSSR count). The van der Waals surface area contributed by atoms with E-state index in [1.807, 2.05) is 6.92 Å². The van der Waals surface area contributed by atoms with Gasteiger partial charge in [-0.05, 0) is 98.3 Å². The molecule has 1 aromatic rings. The van der Waals surface area contributed by atoms with Gasteiger partial charge in [0, 0.05) is 0 Å². The van der Waals surface area contributed by atoms with Crippen molar-refractivity contribution in [3.8, 4) is 17.6 Å². The van der Waals surface area contributed by atoms with Crippen LogP contribution in [-0.2, 0) is 16.7 Å². The first-order valence-electron chi connectivity index (χ1n) is 10.2. The summed E-state index contributed by atoms with van der Waals surface area (Å²) < 4.78 is 28.3. The Kier molecular flexibility index (Phi) is 4.63. The lowest BCUT2D eigenvalue weighted by Crippen LogP contribution is -2.40. The molecule has 0 saturated heterocycles. The van der Waals surface area contributed by atoms with Crippen LogP contribution < -0.4 is 9.32 Å². The number of rotatable bonds is 2. The standard InChI is InChI=1S/C23H29NO3S/c1-5-6-16-13-20-17(15(3)22(16)27-28(24,25)26)8-9-19-18(20)11-12-23(4)14(2)7-10-21(19)23/h13,18-19,21H,2,7-12H2,1,3-4H3,(H2,24,25,26)/t18?,19?,21?,23-/m1/s1. The monoisotopic (exact) mass is 399 g/mol. The molecule has 2 N–H and O–H groups in total. The van der Waals surface area contributed by atoms with Gasteiger partial charge in [0.1, 0.15) is 0 Å². The fourth-order valence-corrected chi connectivity index (χ4v) is 6.72. The van der Waals surface area contributed by atoms with E-state index in [1.165, 1.54) is 29.5 Å². The zero-order valence-electron chi connectivity index (χ0n) is 17.0. The third-order valence-corrected chi connectivity index (χ3v) is 8.06. The number of fused-ring (bicyclic) bond motifs is 5. The van der Waals surface area contributed by atoms with Gasteiger partial charge < -0.3 is 4.18 Å². The SMILES string of the molecule is C=C1CCC2C3CCc4c(cc(C#CC)c(OS(N)(=O)=O)c4C)C3CC[C@]12C. The van der Waals surface area contributed by atoms with Crippen LogP contribution >= 0.6 is 0 Å². The highest BCUT2D eigenvalue weighted by atomic mass is 32.2. The Morgan fingerprint density at radius 3 is 2.71 bits per heavy atom. The molecule has 3 aliphatic rings. The molecular formula is C23H29NO3S. The number of hydrogen-bond donors (Lipinski definition) is 1. The largest absolute Gasteiger partial charge is 0.380 e. The topological polar surface area (TPSA) is 69.4 Å². The molecule has 1 aromatic carbocycles. The van der Waals surface area contributed by atoms with E-state index in [9.17, 15) is 8.42 Å². The molecule has 4 nitrogen and oxygen atoms in total. The minimum Gasteiger partial charge on any atom is -0.369 e. The van der Waals surface area contributed by atoms with Crippen molar-refractivity contribution in [3.63, 3.8) is 0 Å². The summed E-state index contributed by atoms with van der Waals surface area (Å²) in [5.41, 5.74) is 5.78. The third-order valence-electron chi connectivity index (χ3n) is 7.66. The van der Waals surface area contributed by atoms with Gasteiger partial charge in [-0.15, -0.1) is 5.92 Å². The molecule has 28 heavy (non-hydrogen) atoms. The zero-order chi connectivity index (χ0) is 20.3. The molecule has 5 heteroatoms. The molecule has 2 saturated carbocycles. The molecule has 0 amide bonds. The van der Waals surface area contributed by atoms with Crippen LogP contribution in [0.15, 0.2) is 18.2 Å². The van der Waals surface area contributed by atoms with Gasteiger partial charge in [-0.3, -0.25) is 0 Å². The lowest BCUT2D eigenvalue weighted by Gasteiger charge is -2.49. The highest BCUT2D eigenvalue weighted by Gasteiger charge is 2.52. The number of allylic oxidation sites excluding steroid dienone is 1. The fraction of sp³-hybridized carbons (Fsp3) is 0.565. The lowest BCUT2D eigenvalue weighted by atomic mass is 9.55. The van der Waals surface area contributed by atoms with Crippen molar-refractivity contribution in [1.29, 1.82) is 0 Å². The summed E-state index contributed by atoms with van der Waals surface area (Å²) >= 11 is 0. The Balaban J connectivity index is 1.81. The number of benzene rings is 1. The Hall–Kier alpha value is -1.77. The van der Waals surface area contributed by atoms with Crippen molar-refractivity contribution in [2.75, 3.05) is 0 Å². The van der Waals surface area contributed by atoms with Gasteiger partial charge in [-0.25, -0.2) is 0 Å². The molecule has 0 aromatic heterocycles. The van der Waals surface area contributed by atoms with Crippen molar-refractivity contribution in [3.05, 3.63) is 40.5 Å². The van der Waals surface area contributed by atoms with Gasteiger partial charge in [0.05, 0.1) is 5.56 Å². The van der Waals surface area contributed by atoms with E-state index in [1.54, 1.807) is 6.92 Å². The molecule has 0 aliphatic heterocycles. The van der Waals surface area contributed by atoms with Crippen LogP contribution in [-0.4, -0.2) is 8.42 Å². The fourth-order valence-electron chi connectivity index (χ4n) is 6.27. The van der Waals surface area contributed by atoms with Gasteiger partial charge in [0.25, 0.3) is 0 Å². The second-order valence-corrected chi connectivity index (χ2v) is 10.1. The Bertz CT molecular complexity index is 1010. The van der Waals surface area contributed by atoms with Gasteiger partial charge in [0.15, 0.2) is 5.75 Å². The molecule has 4 atom stereocenters. The molecular weight excluding hydrogens is 370 g/mol. The van der Waals surface area contributed by atoms with Crippen LogP contribution in [0.5, 0.6) is 5.75 Å². The Labute approximate surface area is 168 Å². The van der Waals surface area contributed by atoms with Crippen molar-refractivity contribution in [2.45, 2.75) is 65.2 Å². The predicted octanol–water partition coefficient (Wildman–Crippen LogP) is 4.36. The molecule has 3 aliphatic carbocycles. The highest BCUT2D eigenvalue weighted by molar-refractivity contribution is 7.84. The van der Waals surface area contributed by atoms with Crippen molar-refractivity contribution >= 4 is 10.3 Å². The van der Waals surface area contributed by atoms with Crippen LogP contribution in [0, 0.1) is 36.0 Å². The molecule has 0 bridgehead atoms. The summed E-state index contributed by atoms with van der Waals surface area (Å²) in [6.45, 7) is 10.5. The Morgan fingerprint density at radius 1 is 1.29 bits per heavy atom.